The van der Waals surface area contributed by atoms with E-state index in [9.17, 15) is 0 Å². The average Bonchev–Trinajstić information content (AvgIpc) is 2.25. The van der Waals surface area contributed by atoms with Crippen molar-refractivity contribution in [3.63, 3.8) is 0 Å². The third kappa shape index (κ3) is 1.11. The van der Waals surface area contributed by atoms with Crippen LogP contribution in [0.1, 0.15) is 30.5 Å². The number of hydrogen-bond acceptors (Lipinski definition) is 2. The fourth-order valence-electron chi connectivity index (χ4n) is 1.68. The third-order valence-electron chi connectivity index (χ3n) is 2.34. The molecule has 1 aliphatic carbocycles. The SMILES string of the molecule is Nc1n[nH]c2c1CCCCC2. The Balaban J connectivity index is 2.35. The number of rotatable bonds is 0. The summed E-state index contributed by atoms with van der Waals surface area (Å²) in [5.74, 6) is 0.710. The first-order valence-corrected chi connectivity index (χ1v) is 4.19. The molecule has 0 bridgehead atoms. The Labute approximate surface area is 66.0 Å². The summed E-state index contributed by atoms with van der Waals surface area (Å²) >= 11 is 0. The van der Waals surface area contributed by atoms with Crippen LogP contribution >= 0.6 is 0 Å². The number of hydrogen-bond donors (Lipinski definition) is 2. The van der Waals surface area contributed by atoms with Crippen LogP contribution in [-0.2, 0) is 12.8 Å². The van der Waals surface area contributed by atoms with Crippen LogP contribution in [0.5, 0.6) is 0 Å². The number of H-pyrrole nitrogens is 1. The summed E-state index contributed by atoms with van der Waals surface area (Å²) in [7, 11) is 0. The second-order valence-electron chi connectivity index (χ2n) is 3.13. The molecule has 0 aromatic carbocycles. The zero-order chi connectivity index (χ0) is 7.68. The van der Waals surface area contributed by atoms with Crippen molar-refractivity contribution in [3.8, 4) is 0 Å². The van der Waals surface area contributed by atoms with E-state index in [4.69, 9.17) is 5.73 Å². The minimum Gasteiger partial charge on any atom is -0.382 e. The maximum Gasteiger partial charge on any atom is 0.148 e. The quantitative estimate of drug-likeness (QED) is 0.548. The van der Waals surface area contributed by atoms with Gasteiger partial charge in [0.1, 0.15) is 5.82 Å². The molecule has 60 valence electrons. The van der Waals surface area contributed by atoms with Gasteiger partial charge < -0.3 is 5.73 Å². The van der Waals surface area contributed by atoms with Gasteiger partial charge in [0.2, 0.25) is 0 Å². The minimum atomic E-state index is 0.710. The van der Waals surface area contributed by atoms with Crippen LogP contribution in [0.2, 0.25) is 0 Å². The van der Waals surface area contributed by atoms with Gasteiger partial charge in [0.05, 0.1) is 0 Å². The van der Waals surface area contributed by atoms with Gasteiger partial charge in [0.25, 0.3) is 0 Å². The molecule has 3 nitrogen and oxygen atoms in total. The van der Waals surface area contributed by atoms with Crippen molar-refractivity contribution in [1.82, 2.24) is 10.2 Å². The summed E-state index contributed by atoms with van der Waals surface area (Å²) in [4.78, 5) is 0. The van der Waals surface area contributed by atoms with Crippen molar-refractivity contribution < 1.29 is 0 Å². The molecule has 1 aromatic heterocycles. The lowest BCUT2D eigenvalue weighted by Gasteiger charge is -1.94. The first-order valence-electron chi connectivity index (χ1n) is 4.19. The topological polar surface area (TPSA) is 54.7 Å². The van der Waals surface area contributed by atoms with Gasteiger partial charge in [-0.15, -0.1) is 0 Å². The smallest absolute Gasteiger partial charge is 0.148 e. The van der Waals surface area contributed by atoms with Crippen LogP contribution in [0.15, 0.2) is 0 Å². The molecule has 0 aliphatic heterocycles. The molecule has 0 saturated carbocycles. The Morgan fingerprint density at radius 2 is 2.00 bits per heavy atom. The van der Waals surface area contributed by atoms with Gasteiger partial charge in [0.15, 0.2) is 0 Å². The molecule has 1 heterocycles. The summed E-state index contributed by atoms with van der Waals surface area (Å²) < 4.78 is 0. The predicted octanol–water partition coefficient (Wildman–Crippen LogP) is 1.26. The fraction of sp³-hybridized carbons (Fsp3) is 0.625. The molecule has 3 heteroatoms. The van der Waals surface area contributed by atoms with Crippen molar-refractivity contribution in [2.24, 2.45) is 0 Å². The highest BCUT2D eigenvalue weighted by molar-refractivity contribution is 5.42. The molecular weight excluding hydrogens is 138 g/mol. The molecule has 11 heavy (non-hydrogen) atoms. The van der Waals surface area contributed by atoms with E-state index in [1.54, 1.807) is 0 Å². The Bertz CT molecular complexity index is 252. The lowest BCUT2D eigenvalue weighted by Crippen LogP contribution is -1.92. The molecule has 0 atom stereocenters. The van der Waals surface area contributed by atoms with Crippen molar-refractivity contribution in [2.75, 3.05) is 5.73 Å². The number of nitrogens with one attached hydrogen (secondary N) is 1. The summed E-state index contributed by atoms with van der Waals surface area (Å²) in [5.41, 5.74) is 8.22. The van der Waals surface area contributed by atoms with Crippen LogP contribution in [0.25, 0.3) is 0 Å². The van der Waals surface area contributed by atoms with Gasteiger partial charge in [-0.25, -0.2) is 0 Å². The number of fused-ring (bicyclic) bond motifs is 1. The molecule has 1 aliphatic rings. The normalized spacial score (nSPS) is 17.5. The average molecular weight is 151 g/mol. The predicted molar refractivity (Wildman–Crippen MR) is 44.3 cm³/mol. The van der Waals surface area contributed by atoms with Crippen molar-refractivity contribution >= 4 is 5.82 Å². The van der Waals surface area contributed by atoms with Crippen molar-refractivity contribution in [1.29, 1.82) is 0 Å². The lowest BCUT2D eigenvalue weighted by molar-refractivity contribution is 0.703. The number of nitrogens with two attached hydrogens (primary N) is 1. The molecule has 0 saturated heterocycles. The zero-order valence-corrected chi connectivity index (χ0v) is 6.56. The number of nitrogen functional groups attached to an aromatic ring is 1. The van der Waals surface area contributed by atoms with Crippen molar-refractivity contribution in [2.45, 2.75) is 32.1 Å². The maximum absolute atomic E-state index is 5.69. The number of aromatic nitrogens is 2. The third-order valence-corrected chi connectivity index (χ3v) is 2.34. The van der Waals surface area contributed by atoms with E-state index >= 15 is 0 Å². The second kappa shape index (κ2) is 2.57. The van der Waals surface area contributed by atoms with Crippen molar-refractivity contribution in [3.05, 3.63) is 11.3 Å². The molecule has 0 amide bonds. The monoisotopic (exact) mass is 151 g/mol. The van der Waals surface area contributed by atoms with E-state index in [2.05, 4.69) is 10.2 Å². The molecule has 0 spiro atoms. The van der Waals surface area contributed by atoms with Crippen LogP contribution in [-0.4, -0.2) is 10.2 Å². The molecule has 2 rings (SSSR count). The number of aromatic amines is 1. The Morgan fingerprint density at radius 1 is 1.18 bits per heavy atom. The highest BCUT2D eigenvalue weighted by Gasteiger charge is 2.12. The van der Waals surface area contributed by atoms with E-state index in [1.807, 2.05) is 0 Å². The standard InChI is InChI=1S/C8H13N3/c9-8-6-4-2-1-3-5-7(6)10-11-8/h1-5H2,(H3,9,10,11). The molecular formula is C8H13N3. The summed E-state index contributed by atoms with van der Waals surface area (Å²) in [6, 6.07) is 0. The van der Waals surface area contributed by atoms with E-state index in [0.717, 1.165) is 12.8 Å². The largest absolute Gasteiger partial charge is 0.382 e. The molecule has 0 radical (unpaired) electrons. The van der Waals surface area contributed by atoms with Crippen LogP contribution in [0, 0.1) is 0 Å². The zero-order valence-electron chi connectivity index (χ0n) is 6.56. The van der Waals surface area contributed by atoms with E-state index in [1.165, 1.54) is 30.5 Å². The highest BCUT2D eigenvalue weighted by Crippen LogP contribution is 2.22. The van der Waals surface area contributed by atoms with Crippen LogP contribution in [0.3, 0.4) is 0 Å². The number of aryl methyl sites for hydroxylation is 1. The van der Waals surface area contributed by atoms with Gasteiger partial charge in [-0.2, -0.15) is 5.10 Å². The van der Waals surface area contributed by atoms with Gasteiger partial charge in [-0.3, -0.25) is 5.10 Å². The Morgan fingerprint density at radius 3 is 2.91 bits per heavy atom. The molecule has 0 fully saturated rings. The number of anilines is 1. The summed E-state index contributed by atoms with van der Waals surface area (Å²) in [6.07, 6.45) is 6.09. The summed E-state index contributed by atoms with van der Waals surface area (Å²) in [6.45, 7) is 0. The van der Waals surface area contributed by atoms with Gasteiger partial charge in [0, 0.05) is 11.3 Å². The second-order valence-corrected chi connectivity index (χ2v) is 3.13. The van der Waals surface area contributed by atoms with E-state index in [0.29, 0.717) is 5.82 Å². The lowest BCUT2D eigenvalue weighted by atomic mass is 10.1. The van der Waals surface area contributed by atoms with Crippen LogP contribution in [0.4, 0.5) is 5.82 Å². The summed E-state index contributed by atoms with van der Waals surface area (Å²) in [5, 5.41) is 6.98. The molecule has 0 unspecified atom stereocenters. The maximum atomic E-state index is 5.69. The van der Waals surface area contributed by atoms with Gasteiger partial charge in [-0.1, -0.05) is 6.42 Å². The van der Waals surface area contributed by atoms with E-state index < -0.39 is 0 Å². The van der Waals surface area contributed by atoms with Crippen LogP contribution < -0.4 is 5.73 Å². The molecule has 1 aromatic rings. The van der Waals surface area contributed by atoms with Gasteiger partial charge >= 0.3 is 0 Å². The Kier molecular flexibility index (Phi) is 1.56. The highest BCUT2D eigenvalue weighted by atomic mass is 15.2. The fourth-order valence-corrected chi connectivity index (χ4v) is 1.68. The molecule has 3 N–H and O–H groups in total. The minimum absolute atomic E-state index is 0.710. The Hall–Kier alpha value is -0.990. The van der Waals surface area contributed by atoms with Gasteiger partial charge in [-0.05, 0) is 25.7 Å². The van der Waals surface area contributed by atoms with E-state index in [-0.39, 0.29) is 0 Å². The number of nitrogens with zero attached hydrogens (tertiary/aromatic N) is 1. The first kappa shape index (κ1) is 6.70. The first-order chi connectivity index (χ1) is 5.38.